The molecule has 1 aromatic heterocycles. The van der Waals surface area contributed by atoms with Crippen molar-refractivity contribution in [2.24, 2.45) is 0 Å². The van der Waals surface area contributed by atoms with E-state index in [1.54, 1.807) is 49.0 Å². The molecule has 7 nitrogen and oxygen atoms in total. The highest BCUT2D eigenvalue weighted by molar-refractivity contribution is 8.01. The fraction of sp³-hybridized carbons (Fsp3) is 0.438. The molecule has 0 spiro atoms. The van der Waals surface area contributed by atoms with E-state index in [0.717, 1.165) is 27.1 Å². The first-order valence-corrected chi connectivity index (χ1v) is 11.8. The number of nitrogens with one attached hydrogen (secondary N) is 1. The molecule has 1 N–H and O–H groups in total. The number of carbonyl (C=O) groups excluding carboxylic acids is 1. The van der Waals surface area contributed by atoms with Crippen LogP contribution < -0.4 is 9.62 Å². The molecule has 0 aliphatic rings. The molecule has 0 aliphatic heterocycles. The van der Waals surface area contributed by atoms with Gasteiger partial charge in [0, 0.05) is 5.75 Å². The molecule has 10 heteroatoms. The lowest BCUT2D eigenvalue weighted by molar-refractivity contribution is -0.117. The molecule has 0 unspecified atom stereocenters. The number of anilines is 2. The van der Waals surface area contributed by atoms with Crippen LogP contribution in [0.1, 0.15) is 26.7 Å². The fourth-order valence-corrected chi connectivity index (χ4v) is 5.22. The molecule has 0 saturated heterocycles. The van der Waals surface area contributed by atoms with Gasteiger partial charge < -0.3 is 0 Å². The summed E-state index contributed by atoms with van der Waals surface area (Å²) in [6.45, 7) is 3.85. The van der Waals surface area contributed by atoms with Gasteiger partial charge in [0.1, 0.15) is 6.04 Å². The van der Waals surface area contributed by atoms with Crippen LogP contribution in [0.3, 0.4) is 0 Å². The lowest BCUT2D eigenvalue weighted by Crippen LogP contribution is -2.46. The molecular weight excluding hydrogens is 392 g/mol. The zero-order chi connectivity index (χ0) is 19.2. The number of nitrogens with zero attached hydrogens (tertiary/aromatic N) is 3. The highest BCUT2D eigenvalue weighted by Gasteiger charge is 2.31. The normalized spacial score (nSPS) is 12.6. The van der Waals surface area contributed by atoms with Crippen LogP contribution in [-0.2, 0) is 14.8 Å². The molecule has 2 aromatic rings. The third-order valence-corrected chi connectivity index (χ3v) is 6.76. The summed E-state index contributed by atoms with van der Waals surface area (Å²) in [5.41, 5.74) is 0.452. The molecule has 0 fully saturated rings. The Morgan fingerprint density at radius 3 is 2.54 bits per heavy atom. The van der Waals surface area contributed by atoms with Gasteiger partial charge in [0.15, 0.2) is 4.34 Å². The van der Waals surface area contributed by atoms with Crippen molar-refractivity contribution < 1.29 is 13.2 Å². The number of hydrogen-bond acceptors (Lipinski definition) is 7. The van der Waals surface area contributed by atoms with Gasteiger partial charge in [-0.05, 0) is 25.0 Å². The van der Waals surface area contributed by atoms with E-state index >= 15 is 0 Å². The summed E-state index contributed by atoms with van der Waals surface area (Å²) in [5, 5.41) is 11.1. The van der Waals surface area contributed by atoms with Crippen molar-refractivity contribution in [2.75, 3.05) is 21.6 Å². The topological polar surface area (TPSA) is 92.3 Å². The van der Waals surface area contributed by atoms with E-state index in [-0.39, 0.29) is 0 Å². The zero-order valence-corrected chi connectivity index (χ0v) is 17.3. The molecule has 2 rings (SSSR count). The SMILES string of the molecule is CCCSc1nnc(NC(=O)[C@@H](CC)N(c2ccccc2)S(C)(=O)=O)s1. The number of hydrogen-bond donors (Lipinski definition) is 1. The first-order chi connectivity index (χ1) is 12.4. The number of thioether (sulfide) groups is 1. The number of rotatable bonds is 9. The smallest absolute Gasteiger partial charge is 0.250 e. The number of carbonyl (C=O) groups is 1. The molecule has 0 saturated carbocycles. The van der Waals surface area contributed by atoms with Gasteiger partial charge in [-0.15, -0.1) is 10.2 Å². The second kappa shape index (κ2) is 9.33. The number of sulfonamides is 1. The third-order valence-electron chi connectivity index (χ3n) is 3.41. The Morgan fingerprint density at radius 2 is 1.96 bits per heavy atom. The van der Waals surface area contributed by atoms with Crippen molar-refractivity contribution in [1.82, 2.24) is 10.2 Å². The number of para-hydroxylation sites is 1. The Kier molecular flexibility index (Phi) is 7.42. The molecule has 1 atom stereocenters. The Bertz CT molecular complexity index is 824. The Hall–Kier alpha value is -1.65. The van der Waals surface area contributed by atoms with Crippen LogP contribution in [-0.4, -0.2) is 42.6 Å². The minimum Gasteiger partial charge on any atom is -0.299 e. The molecule has 1 amide bonds. The molecular formula is C16H22N4O3S3. The largest absolute Gasteiger partial charge is 0.299 e. The van der Waals surface area contributed by atoms with E-state index in [0.29, 0.717) is 17.2 Å². The molecule has 0 bridgehead atoms. The van der Waals surface area contributed by atoms with Gasteiger partial charge in [0.2, 0.25) is 21.1 Å². The number of aromatic nitrogens is 2. The van der Waals surface area contributed by atoms with E-state index in [4.69, 9.17) is 0 Å². The first-order valence-electron chi connectivity index (χ1n) is 8.18. The van der Waals surface area contributed by atoms with Crippen molar-refractivity contribution in [3.63, 3.8) is 0 Å². The van der Waals surface area contributed by atoms with Crippen molar-refractivity contribution in [2.45, 2.75) is 37.1 Å². The Balaban J connectivity index is 2.21. The second-order valence-electron chi connectivity index (χ2n) is 5.53. The van der Waals surface area contributed by atoms with Gasteiger partial charge in [-0.3, -0.25) is 14.4 Å². The first kappa shape index (κ1) is 20.7. The molecule has 1 aromatic carbocycles. The summed E-state index contributed by atoms with van der Waals surface area (Å²) < 4.78 is 26.6. The van der Waals surface area contributed by atoms with E-state index in [1.807, 2.05) is 0 Å². The van der Waals surface area contributed by atoms with E-state index in [2.05, 4.69) is 22.4 Å². The minimum atomic E-state index is -3.64. The number of amides is 1. The molecule has 26 heavy (non-hydrogen) atoms. The summed E-state index contributed by atoms with van der Waals surface area (Å²) in [6.07, 6.45) is 2.44. The standard InChI is InChI=1S/C16H22N4O3S3/c1-4-11-24-16-19-18-15(25-16)17-14(21)13(5-2)20(26(3,22)23)12-9-7-6-8-10-12/h6-10,13H,4-5,11H2,1-3H3,(H,17,18,21)/t13-/m1/s1. The maximum atomic E-state index is 12.7. The van der Waals surface area contributed by atoms with Crippen molar-refractivity contribution in [3.8, 4) is 0 Å². The molecule has 0 radical (unpaired) electrons. The van der Waals surface area contributed by atoms with Crippen LogP contribution in [0.2, 0.25) is 0 Å². The lowest BCUT2D eigenvalue weighted by atomic mass is 10.2. The predicted molar refractivity (Wildman–Crippen MR) is 107 cm³/mol. The number of benzene rings is 1. The maximum Gasteiger partial charge on any atom is 0.250 e. The van der Waals surface area contributed by atoms with Crippen LogP contribution in [0.15, 0.2) is 34.7 Å². The highest BCUT2D eigenvalue weighted by atomic mass is 32.2. The average molecular weight is 415 g/mol. The molecule has 142 valence electrons. The summed E-state index contributed by atoms with van der Waals surface area (Å²) in [4.78, 5) is 12.7. The van der Waals surface area contributed by atoms with Crippen LogP contribution in [0.25, 0.3) is 0 Å². The summed E-state index contributed by atoms with van der Waals surface area (Å²) in [5.74, 6) is 0.501. The van der Waals surface area contributed by atoms with Crippen LogP contribution in [0.4, 0.5) is 10.8 Å². The van der Waals surface area contributed by atoms with Crippen molar-refractivity contribution in [1.29, 1.82) is 0 Å². The van der Waals surface area contributed by atoms with Gasteiger partial charge >= 0.3 is 0 Å². The molecule has 1 heterocycles. The fourth-order valence-electron chi connectivity index (χ4n) is 2.33. The predicted octanol–water partition coefficient (Wildman–Crippen LogP) is 3.22. The zero-order valence-electron chi connectivity index (χ0n) is 14.9. The molecule has 0 aliphatic carbocycles. The summed E-state index contributed by atoms with van der Waals surface area (Å²) in [7, 11) is -3.64. The van der Waals surface area contributed by atoms with Crippen LogP contribution >= 0.6 is 23.1 Å². The summed E-state index contributed by atoms with van der Waals surface area (Å²) in [6, 6.07) is 7.73. The minimum absolute atomic E-state index is 0.323. The Morgan fingerprint density at radius 1 is 1.27 bits per heavy atom. The van der Waals surface area contributed by atoms with E-state index < -0.39 is 22.0 Å². The second-order valence-corrected chi connectivity index (χ2v) is 9.71. The van der Waals surface area contributed by atoms with Gasteiger partial charge in [-0.2, -0.15) is 0 Å². The van der Waals surface area contributed by atoms with Gasteiger partial charge in [0.25, 0.3) is 0 Å². The van der Waals surface area contributed by atoms with Crippen LogP contribution in [0.5, 0.6) is 0 Å². The highest BCUT2D eigenvalue weighted by Crippen LogP contribution is 2.27. The third kappa shape index (κ3) is 5.42. The average Bonchev–Trinajstić information content (AvgIpc) is 3.04. The summed E-state index contributed by atoms with van der Waals surface area (Å²) >= 11 is 2.86. The van der Waals surface area contributed by atoms with E-state index in [1.165, 1.54) is 11.3 Å². The lowest BCUT2D eigenvalue weighted by Gasteiger charge is -2.29. The quantitative estimate of drug-likeness (QED) is 0.500. The van der Waals surface area contributed by atoms with Crippen LogP contribution in [0, 0.1) is 0 Å². The van der Waals surface area contributed by atoms with Crippen molar-refractivity contribution >= 4 is 49.8 Å². The van der Waals surface area contributed by atoms with Gasteiger partial charge in [-0.25, -0.2) is 8.42 Å². The van der Waals surface area contributed by atoms with E-state index in [9.17, 15) is 13.2 Å². The monoisotopic (exact) mass is 414 g/mol. The maximum absolute atomic E-state index is 12.7. The Labute approximate surface area is 162 Å². The van der Waals surface area contributed by atoms with Gasteiger partial charge in [-0.1, -0.05) is 55.1 Å². The van der Waals surface area contributed by atoms with Gasteiger partial charge in [0.05, 0.1) is 11.9 Å². The van der Waals surface area contributed by atoms with Crippen molar-refractivity contribution in [3.05, 3.63) is 30.3 Å².